The highest BCUT2D eigenvalue weighted by atomic mass is 35.5. The molecular weight excluding hydrogens is 149 g/mol. The predicted molar refractivity (Wildman–Crippen MR) is 37.4 cm³/mol. The van der Waals surface area contributed by atoms with E-state index in [-0.39, 0.29) is 24.8 Å². The molecule has 0 spiro atoms. The van der Waals surface area contributed by atoms with Crippen LogP contribution in [0.2, 0.25) is 0 Å². The lowest BCUT2D eigenvalue weighted by Gasteiger charge is -1.86. The molecule has 1 rings (SSSR count). The van der Waals surface area contributed by atoms with Gasteiger partial charge in [0.1, 0.15) is 0 Å². The second kappa shape index (κ2) is 5.63. The number of nitrogens with two attached hydrogens (primary N) is 1. The van der Waals surface area contributed by atoms with Crippen LogP contribution >= 0.6 is 24.8 Å². The third-order valence-corrected chi connectivity index (χ3v) is 1.03. The topological polar surface area (TPSA) is 35.2 Å². The fourth-order valence-electron chi connectivity index (χ4n) is 0.421. The van der Waals surface area contributed by atoms with Crippen molar-refractivity contribution in [3.8, 4) is 0 Å². The van der Waals surface area contributed by atoms with Crippen LogP contribution in [0.25, 0.3) is 0 Å². The summed E-state index contributed by atoms with van der Waals surface area (Å²) in [7, 11) is 0. The van der Waals surface area contributed by atoms with Crippen molar-refractivity contribution < 1.29 is 4.84 Å². The average molecular weight is 160 g/mol. The van der Waals surface area contributed by atoms with Crippen LogP contribution in [0.3, 0.4) is 0 Å². The molecule has 52 valence electrons. The van der Waals surface area contributed by atoms with E-state index in [0.717, 1.165) is 12.5 Å². The summed E-state index contributed by atoms with van der Waals surface area (Å²) in [5, 5.41) is 0. The second-order valence-electron chi connectivity index (χ2n) is 1.78. The van der Waals surface area contributed by atoms with Crippen molar-refractivity contribution in [3.63, 3.8) is 0 Å². The molecule has 8 heavy (non-hydrogen) atoms. The van der Waals surface area contributed by atoms with Gasteiger partial charge in [-0.25, -0.2) is 5.90 Å². The van der Waals surface area contributed by atoms with E-state index in [9.17, 15) is 0 Å². The molecule has 0 atom stereocenters. The minimum atomic E-state index is 0. The highest BCUT2D eigenvalue weighted by Crippen LogP contribution is 2.28. The van der Waals surface area contributed by atoms with Gasteiger partial charge in [0, 0.05) is 0 Å². The smallest absolute Gasteiger partial charge is 0.0707 e. The molecule has 0 aromatic heterocycles. The number of hydrogen-bond acceptors (Lipinski definition) is 2. The molecule has 0 radical (unpaired) electrons. The minimum absolute atomic E-state index is 0. The highest BCUT2D eigenvalue weighted by Gasteiger charge is 2.20. The molecule has 0 unspecified atom stereocenters. The van der Waals surface area contributed by atoms with Crippen LogP contribution in [0.1, 0.15) is 12.8 Å². The Morgan fingerprint density at radius 2 is 1.88 bits per heavy atom. The molecule has 1 aliphatic carbocycles. The number of hydrogen-bond donors (Lipinski definition) is 1. The molecular formula is C4H11Cl2NO. The average Bonchev–Trinajstić information content (AvgIpc) is 2.21. The lowest BCUT2D eigenvalue weighted by molar-refractivity contribution is 0.127. The van der Waals surface area contributed by atoms with E-state index < -0.39 is 0 Å². The Morgan fingerprint density at radius 3 is 2.00 bits per heavy atom. The maximum absolute atomic E-state index is 4.77. The zero-order chi connectivity index (χ0) is 4.41. The molecule has 0 amide bonds. The SMILES string of the molecule is Cl.Cl.NOCC1CC1. The van der Waals surface area contributed by atoms with Gasteiger partial charge in [-0.05, 0) is 18.8 Å². The van der Waals surface area contributed by atoms with Crippen molar-refractivity contribution in [2.24, 2.45) is 11.8 Å². The summed E-state index contributed by atoms with van der Waals surface area (Å²) in [6.07, 6.45) is 2.63. The van der Waals surface area contributed by atoms with E-state index in [1.54, 1.807) is 0 Å². The van der Waals surface area contributed by atoms with Gasteiger partial charge in [0.2, 0.25) is 0 Å². The molecule has 2 nitrogen and oxygen atoms in total. The highest BCUT2D eigenvalue weighted by molar-refractivity contribution is 5.85. The standard InChI is InChI=1S/C4H9NO.2ClH/c5-6-3-4-1-2-4;;/h4H,1-3,5H2;2*1H. The second-order valence-corrected chi connectivity index (χ2v) is 1.78. The molecule has 0 bridgehead atoms. The van der Waals surface area contributed by atoms with Crippen molar-refractivity contribution in [2.45, 2.75) is 12.8 Å². The molecule has 0 aromatic carbocycles. The Labute approximate surface area is 61.5 Å². The van der Waals surface area contributed by atoms with E-state index in [0.29, 0.717) is 0 Å². The number of halogens is 2. The normalized spacial score (nSPS) is 16.1. The van der Waals surface area contributed by atoms with Gasteiger partial charge in [0.15, 0.2) is 0 Å². The third-order valence-electron chi connectivity index (χ3n) is 1.03. The number of rotatable bonds is 2. The first-order chi connectivity index (χ1) is 2.93. The fourth-order valence-corrected chi connectivity index (χ4v) is 0.421. The van der Waals surface area contributed by atoms with Crippen molar-refractivity contribution >= 4 is 24.8 Å². The molecule has 4 heteroatoms. The monoisotopic (exact) mass is 159 g/mol. The quantitative estimate of drug-likeness (QED) is 0.614. The Balaban J connectivity index is 0. The van der Waals surface area contributed by atoms with Crippen molar-refractivity contribution in [3.05, 3.63) is 0 Å². The van der Waals surface area contributed by atoms with Crippen LogP contribution in [-0.2, 0) is 4.84 Å². The van der Waals surface area contributed by atoms with Gasteiger partial charge in [0.05, 0.1) is 6.61 Å². The Bertz CT molecular complexity index is 49.3. The Hall–Kier alpha value is 0.500. The predicted octanol–water partition coefficient (Wildman–Crippen LogP) is 1.13. The Morgan fingerprint density at radius 1 is 1.38 bits per heavy atom. The van der Waals surface area contributed by atoms with Crippen LogP contribution in [0.4, 0.5) is 0 Å². The van der Waals surface area contributed by atoms with Crippen molar-refractivity contribution in [1.82, 2.24) is 0 Å². The van der Waals surface area contributed by atoms with E-state index in [2.05, 4.69) is 4.84 Å². The van der Waals surface area contributed by atoms with Gasteiger partial charge in [0.25, 0.3) is 0 Å². The third kappa shape index (κ3) is 4.65. The minimum Gasteiger partial charge on any atom is -0.304 e. The molecule has 1 fully saturated rings. The Kier molecular flexibility index (Phi) is 7.97. The summed E-state index contributed by atoms with van der Waals surface area (Å²) >= 11 is 0. The summed E-state index contributed by atoms with van der Waals surface area (Å²) in [4.78, 5) is 4.37. The van der Waals surface area contributed by atoms with Gasteiger partial charge in [-0.2, -0.15) is 0 Å². The first-order valence-electron chi connectivity index (χ1n) is 2.25. The summed E-state index contributed by atoms with van der Waals surface area (Å²) in [5.41, 5.74) is 0. The van der Waals surface area contributed by atoms with E-state index in [1.807, 2.05) is 0 Å². The summed E-state index contributed by atoms with van der Waals surface area (Å²) in [6.45, 7) is 0.764. The molecule has 0 saturated heterocycles. The first kappa shape index (κ1) is 11.3. The lowest BCUT2D eigenvalue weighted by Crippen LogP contribution is -2.01. The zero-order valence-corrected chi connectivity index (χ0v) is 6.13. The van der Waals surface area contributed by atoms with Crippen molar-refractivity contribution in [1.29, 1.82) is 0 Å². The van der Waals surface area contributed by atoms with Crippen LogP contribution in [0.15, 0.2) is 0 Å². The first-order valence-corrected chi connectivity index (χ1v) is 2.25. The van der Waals surface area contributed by atoms with E-state index >= 15 is 0 Å². The molecule has 1 saturated carbocycles. The molecule has 1 aliphatic rings. The van der Waals surface area contributed by atoms with Crippen LogP contribution in [0.5, 0.6) is 0 Å². The molecule has 0 heterocycles. The molecule has 0 aromatic rings. The van der Waals surface area contributed by atoms with Crippen LogP contribution in [0, 0.1) is 5.92 Å². The zero-order valence-electron chi connectivity index (χ0n) is 4.50. The summed E-state index contributed by atoms with van der Waals surface area (Å²) in [5.74, 6) is 5.57. The fraction of sp³-hybridized carbons (Fsp3) is 1.00. The van der Waals surface area contributed by atoms with Gasteiger partial charge in [-0.3, -0.25) is 0 Å². The maximum Gasteiger partial charge on any atom is 0.0707 e. The van der Waals surface area contributed by atoms with Gasteiger partial charge >= 0.3 is 0 Å². The van der Waals surface area contributed by atoms with Crippen LogP contribution < -0.4 is 5.90 Å². The summed E-state index contributed by atoms with van der Waals surface area (Å²) < 4.78 is 0. The van der Waals surface area contributed by atoms with Crippen molar-refractivity contribution in [2.75, 3.05) is 6.61 Å². The van der Waals surface area contributed by atoms with Gasteiger partial charge in [-0.15, -0.1) is 24.8 Å². The maximum atomic E-state index is 4.77. The summed E-state index contributed by atoms with van der Waals surface area (Å²) in [6, 6.07) is 0. The van der Waals surface area contributed by atoms with E-state index in [4.69, 9.17) is 5.90 Å². The lowest BCUT2D eigenvalue weighted by atomic mass is 10.5. The van der Waals surface area contributed by atoms with Gasteiger partial charge < -0.3 is 4.84 Å². The van der Waals surface area contributed by atoms with E-state index in [1.165, 1.54) is 12.8 Å². The molecule has 0 aliphatic heterocycles. The largest absolute Gasteiger partial charge is 0.304 e. The van der Waals surface area contributed by atoms with Gasteiger partial charge in [-0.1, -0.05) is 0 Å². The van der Waals surface area contributed by atoms with Crippen LogP contribution in [-0.4, -0.2) is 6.61 Å². The molecule has 2 N–H and O–H groups in total.